The Morgan fingerprint density at radius 1 is 1.28 bits per heavy atom. The molecule has 3 aromatic rings. The quantitative estimate of drug-likeness (QED) is 0.304. The number of nitro benzene ring substituents is 1. The van der Waals surface area contributed by atoms with E-state index in [1.54, 1.807) is 13.3 Å². The van der Waals surface area contributed by atoms with Gasteiger partial charge in [0.1, 0.15) is 5.75 Å². The van der Waals surface area contributed by atoms with Crippen LogP contribution in [0.25, 0.3) is 10.9 Å². The third-order valence-electron chi connectivity index (χ3n) is 6.34. The SMILES string of the molecule is COc1ccc2nccc(C(O)CN3CCC(NCC(=O)Nc4ccc(F)c([N+](=O)[O-])c4)CC3)c2c1. The standard InChI is InChI=1S/C25H28FN5O5/c1-36-18-3-5-22-20(13-18)19(6-9-27-22)24(32)15-30-10-7-16(8-11-30)28-14-25(33)29-17-2-4-21(26)23(12-17)31(34)35/h2-6,9,12-13,16,24,28,32H,7-8,10-11,14-15H2,1H3,(H,29,33). The number of piperidine rings is 1. The molecule has 1 fully saturated rings. The van der Waals surface area contributed by atoms with E-state index >= 15 is 0 Å². The first-order valence-electron chi connectivity index (χ1n) is 11.6. The normalized spacial score (nSPS) is 15.5. The minimum atomic E-state index is -0.954. The summed E-state index contributed by atoms with van der Waals surface area (Å²) in [5.74, 6) is -0.615. The van der Waals surface area contributed by atoms with Crippen LogP contribution in [-0.2, 0) is 4.79 Å². The smallest absolute Gasteiger partial charge is 0.306 e. The number of fused-ring (bicyclic) bond motifs is 1. The number of hydrogen-bond acceptors (Lipinski definition) is 8. The molecule has 3 N–H and O–H groups in total. The topological polar surface area (TPSA) is 130 Å². The average Bonchev–Trinajstić information content (AvgIpc) is 2.88. The van der Waals surface area contributed by atoms with Crippen LogP contribution >= 0.6 is 0 Å². The number of aromatic nitrogens is 1. The fraction of sp³-hybridized carbons (Fsp3) is 0.360. The van der Waals surface area contributed by atoms with Crippen LogP contribution in [0, 0.1) is 15.9 Å². The van der Waals surface area contributed by atoms with E-state index in [-0.39, 0.29) is 24.2 Å². The summed E-state index contributed by atoms with van der Waals surface area (Å²) in [6, 6.07) is 10.8. The first-order chi connectivity index (χ1) is 17.3. The number of rotatable bonds is 9. The molecule has 190 valence electrons. The monoisotopic (exact) mass is 497 g/mol. The molecule has 0 bridgehead atoms. The zero-order chi connectivity index (χ0) is 25.7. The zero-order valence-corrected chi connectivity index (χ0v) is 19.8. The summed E-state index contributed by atoms with van der Waals surface area (Å²) in [5, 5.41) is 28.4. The summed E-state index contributed by atoms with van der Waals surface area (Å²) in [6.45, 7) is 2.02. The van der Waals surface area contributed by atoms with Gasteiger partial charge in [-0.1, -0.05) is 0 Å². The highest BCUT2D eigenvalue weighted by Crippen LogP contribution is 2.28. The van der Waals surface area contributed by atoms with Gasteiger partial charge in [-0.25, -0.2) is 0 Å². The van der Waals surface area contributed by atoms with Crippen molar-refractivity contribution >= 4 is 28.2 Å². The lowest BCUT2D eigenvalue weighted by molar-refractivity contribution is -0.387. The van der Waals surface area contributed by atoms with Crippen molar-refractivity contribution in [1.29, 1.82) is 0 Å². The fourth-order valence-corrected chi connectivity index (χ4v) is 4.40. The Bertz CT molecular complexity index is 1250. The maximum Gasteiger partial charge on any atom is 0.306 e. The highest BCUT2D eigenvalue weighted by Gasteiger charge is 2.23. The molecule has 2 heterocycles. The second-order valence-corrected chi connectivity index (χ2v) is 8.73. The molecule has 0 saturated carbocycles. The van der Waals surface area contributed by atoms with Crippen LogP contribution in [-0.4, -0.2) is 65.2 Å². The molecule has 1 saturated heterocycles. The first-order valence-corrected chi connectivity index (χ1v) is 11.6. The number of aliphatic hydroxyl groups is 1. The van der Waals surface area contributed by atoms with Crippen molar-refractivity contribution in [1.82, 2.24) is 15.2 Å². The number of carbonyl (C=O) groups is 1. The molecule has 2 aromatic carbocycles. The number of ether oxygens (including phenoxy) is 1. The number of nitrogens with one attached hydrogen (secondary N) is 2. The van der Waals surface area contributed by atoms with Crippen LogP contribution in [0.1, 0.15) is 24.5 Å². The van der Waals surface area contributed by atoms with Crippen LogP contribution in [0.5, 0.6) is 5.75 Å². The number of halogens is 1. The van der Waals surface area contributed by atoms with Gasteiger partial charge in [-0.3, -0.25) is 19.9 Å². The Morgan fingerprint density at radius 2 is 2.06 bits per heavy atom. The number of nitrogens with zero attached hydrogens (tertiary/aromatic N) is 3. The summed E-state index contributed by atoms with van der Waals surface area (Å²) in [5.41, 5.74) is 1.08. The molecule has 1 aromatic heterocycles. The number of aliphatic hydroxyl groups excluding tert-OH is 1. The highest BCUT2D eigenvalue weighted by atomic mass is 19.1. The molecule has 0 spiro atoms. The minimum absolute atomic E-state index is 0.0311. The predicted octanol–water partition coefficient (Wildman–Crippen LogP) is 3.02. The van der Waals surface area contributed by atoms with Crippen molar-refractivity contribution in [2.45, 2.75) is 25.0 Å². The van der Waals surface area contributed by atoms with E-state index in [1.165, 1.54) is 6.07 Å². The molecule has 1 atom stereocenters. The third-order valence-corrected chi connectivity index (χ3v) is 6.34. The van der Waals surface area contributed by atoms with E-state index in [4.69, 9.17) is 4.74 Å². The zero-order valence-electron chi connectivity index (χ0n) is 19.8. The molecule has 0 aliphatic carbocycles. The number of likely N-dealkylation sites (tertiary alicyclic amines) is 1. The lowest BCUT2D eigenvalue weighted by atomic mass is 10.0. The van der Waals surface area contributed by atoms with Crippen LogP contribution in [0.3, 0.4) is 0 Å². The van der Waals surface area contributed by atoms with Gasteiger partial charge in [0.25, 0.3) is 0 Å². The summed E-state index contributed by atoms with van der Waals surface area (Å²) in [7, 11) is 1.60. The molecule has 1 aliphatic rings. The number of amides is 1. The second-order valence-electron chi connectivity index (χ2n) is 8.73. The fourth-order valence-electron chi connectivity index (χ4n) is 4.40. The molecule has 0 radical (unpaired) electrons. The largest absolute Gasteiger partial charge is 0.497 e. The Labute approximate surface area is 207 Å². The summed E-state index contributed by atoms with van der Waals surface area (Å²) in [4.78, 5) is 28.8. The van der Waals surface area contributed by atoms with E-state index in [9.17, 15) is 24.4 Å². The van der Waals surface area contributed by atoms with Gasteiger partial charge in [0.05, 0.1) is 30.2 Å². The molecule has 4 rings (SSSR count). The number of anilines is 1. The highest BCUT2D eigenvalue weighted by molar-refractivity contribution is 5.92. The van der Waals surface area contributed by atoms with E-state index in [2.05, 4.69) is 20.5 Å². The van der Waals surface area contributed by atoms with Crippen molar-refractivity contribution < 1.29 is 24.0 Å². The van der Waals surface area contributed by atoms with E-state index in [1.807, 2.05) is 24.3 Å². The minimum Gasteiger partial charge on any atom is -0.497 e. The Morgan fingerprint density at radius 3 is 2.78 bits per heavy atom. The van der Waals surface area contributed by atoms with Gasteiger partial charge in [-0.2, -0.15) is 4.39 Å². The van der Waals surface area contributed by atoms with Gasteiger partial charge >= 0.3 is 5.69 Å². The van der Waals surface area contributed by atoms with Crippen LogP contribution in [0.15, 0.2) is 48.7 Å². The number of pyridine rings is 1. The van der Waals surface area contributed by atoms with Gasteiger partial charge < -0.3 is 25.4 Å². The number of carbonyl (C=O) groups excluding carboxylic acids is 1. The molecule has 1 unspecified atom stereocenters. The molecular formula is C25H28FN5O5. The third kappa shape index (κ3) is 6.11. The Balaban J connectivity index is 1.25. The van der Waals surface area contributed by atoms with Gasteiger partial charge in [-0.15, -0.1) is 0 Å². The van der Waals surface area contributed by atoms with Crippen LogP contribution in [0.2, 0.25) is 0 Å². The number of β-amino-alcohol motifs (C(OH)–C–C–N with tert-alkyl or cyclic N) is 1. The lowest BCUT2D eigenvalue weighted by Gasteiger charge is -2.33. The van der Waals surface area contributed by atoms with Gasteiger partial charge in [0, 0.05) is 35.9 Å². The summed E-state index contributed by atoms with van der Waals surface area (Å²) < 4.78 is 18.8. The molecule has 36 heavy (non-hydrogen) atoms. The van der Waals surface area contributed by atoms with Crippen molar-refractivity contribution in [2.75, 3.05) is 38.6 Å². The molecule has 1 aliphatic heterocycles. The Hall–Kier alpha value is -3.67. The van der Waals surface area contributed by atoms with Crippen molar-refractivity contribution in [3.05, 3.63) is 70.2 Å². The number of nitro groups is 1. The summed E-state index contributed by atoms with van der Waals surface area (Å²) in [6.07, 6.45) is 2.61. The van der Waals surface area contributed by atoms with Gasteiger partial charge in [0.2, 0.25) is 11.7 Å². The Kier molecular flexibility index (Phi) is 8.04. The first kappa shape index (κ1) is 25.4. The molecule has 10 nitrogen and oxygen atoms in total. The lowest BCUT2D eigenvalue weighted by Crippen LogP contribution is -2.45. The number of benzene rings is 2. The van der Waals surface area contributed by atoms with E-state index < -0.39 is 22.5 Å². The summed E-state index contributed by atoms with van der Waals surface area (Å²) >= 11 is 0. The second kappa shape index (κ2) is 11.4. The predicted molar refractivity (Wildman–Crippen MR) is 132 cm³/mol. The van der Waals surface area contributed by atoms with Crippen LogP contribution in [0.4, 0.5) is 15.8 Å². The van der Waals surface area contributed by atoms with Gasteiger partial charge in [0.15, 0.2) is 0 Å². The number of hydrogen-bond donors (Lipinski definition) is 3. The van der Waals surface area contributed by atoms with Crippen molar-refractivity contribution in [3.63, 3.8) is 0 Å². The van der Waals surface area contributed by atoms with Gasteiger partial charge in [-0.05, 0) is 67.9 Å². The average molecular weight is 498 g/mol. The molecule has 1 amide bonds. The maximum absolute atomic E-state index is 13.5. The maximum atomic E-state index is 13.5. The van der Waals surface area contributed by atoms with Crippen molar-refractivity contribution in [3.8, 4) is 5.75 Å². The van der Waals surface area contributed by atoms with Crippen LogP contribution < -0.4 is 15.4 Å². The van der Waals surface area contributed by atoms with Crippen molar-refractivity contribution in [2.24, 2.45) is 0 Å². The molecular weight excluding hydrogens is 469 g/mol. The molecule has 11 heteroatoms. The number of methoxy groups -OCH3 is 1. The van der Waals surface area contributed by atoms with E-state index in [0.717, 1.165) is 54.5 Å². The van der Waals surface area contributed by atoms with E-state index in [0.29, 0.717) is 12.3 Å².